The highest BCUT2D eigenvalue weighted by Crippen LogP contribution is 2.26. The first-order valence-electron chi connectivity index (χ1n) is 4.45. The van der Waals surface area contributed by atoms with Gasteiger partial charge in [-0.05, 0) is 18.1 Å². The third-order valence-electron chi connectivity index (χ3n) is 2.31. The molecule has 0 aliphatic carbocycles. The highest BCUT2D eigenvalue weighted by atomic mass is 19.1. The molecule has 1 aromatic rings. The van der Waals surface area contributed by atoms with Gasteiger partial charge >= 0.3 is 0 Å². The highest BCUT2D eigenvalue weighted by Gasteiger charge is 2.15. The Morgan fingerprint density at radius 1 is 1.46 bits per heavy atom. The molecule has 0 radical (unpaired) electrons. The number of rotatable bonds is 0. The fraction of sp³-hybridized carbons (Fsp3) is 0.400. The molecule has 1 unspecified atom stereocenters. The standard InChI is InChI=1S/C10H12FNO/c11-8-3-4-12-10-6-9(13)2-1-7(10)5-8/h1-2,6,8,12-13H,3-5H2. The van der Waals surface area contributed by atoms with Crippen LogP contribution in [0.15, 0.2) is 18.2 Å². The van der Waals surface area contributed by atoms with Gasteiger partial charge in [-0.2, -0.15) is 0 Å². The number of phenolic OH excluding ortho intramolecular Hbond substituents is 1. The molecule has 0 aromatic heterocycles. The van der Waals surface area contributed by atoms with Gasteiger partial charge in [-0.25, -0.2) is 4.39 Å². The summed E-state index contributed by atoms with van der Waals surface area (Å²) < 4.78 is 13.1. The molecule has 0 saturated heterocycles. The van der Waals surface area contributed by atoms with E-state index in [2.05, 4.69) is 5.32 Å². The van der Waals surface area contributed by atoms with Crippen LogP contribution in [0.5, 0.6) is 5.75 Å². The molecule has 13 heavy (non-hydrogen) atoms. The van der Waals surface area contributed by atoms with E-state index in [1.807, 2.05) is 0 Å². The van der Waals surface area contributed by atoms with Gasteiger partial charge in [0.2, 0.25) is 0 Å². The van der Waals surface area contributed by atoms with Crippen molar-refractivity contribution in [2.75, 3.05) is 11.9 Å². The number of halogens is 1. The maximum Gasteiger partial charge on any atom is 0.117 e. The van der Waals surface area contributed by atoms with E-state index in [1.54, 1.807) is 18.2 Å². The van der Waals surface area contributed by atoms with Crippen LogP contribution in [-0.2, 0) is 6.42 Å². The minimum Gasteiger partial charge on any atom is -0.508 e. The summed E-state index contributed by atoms with van der Waals surface area (Å²) in [6.45, 7) is 0.637. The SMILES string of the molecule is Oc1ccc2c(c1)NCCC(F)C2. The van der Waals surface area contributed by atoms with Crippen LogP contribution >= 0.6 is 0 Å². The van der Waals surface area contributed by atoms with Crippen LogP contribution in [0.25, 0.3) is 0 Å². The lowest BCUT2D eigenvalue weighted by Gasteiger charge is -2.06. The summed E-state index contributed by atoms with van der Waals surface area (Å²) >= 11 is 0. The molecule has 0 spiro atoms. The quantitative estimate of drug-likeness (QED) is 0.642. The van der Waals surface area contributed by atoms with Crippen molar-refractivity contribution < 1.29 is 9.50 Å². The van der Waals surface area contributed by atoms with Crippen LogP contribution in [0.4, 0.5) is 10.1 Å². The monoisotopic (exact) mass is 181 g/mol. The Morgan fingerprint density at radius 3 is 3.15 bits per heavy atom. The minimum absolute atomic E-state index is 0.226. The fourth-order valence-corrected chi connectivity index (χ4v) is 1.61. The Bertz CT molecular complexity index is 314. The van der Waals surface area contributed by atoms with Gasteiger partial charge in [0, 0.05) is 24.7 Å². The van der Waals surface area contributed by atoms with Gasteiger partial charge in [0.05, 0.1) is 0 Å². The molecule has 1 aliphatic rings. The van der Waals surface area contributed by atoms with E-state index in [9.17, 15) is 9.50 Å². The third kappa shape index (κ3) is 1.74. The summed E-state index contributed by atoms with van der Waals surface area (Å²) in [7, 11) is 0. The van der Waals surface area contributed by atoms with E-state index in [-0.39, 0.29) is 5.75 Å². The first-order valence-corrected chi connectivity index (χ1v) is 4.45. The molecule has 1 heterocycles. The molecular formula is C10H12FNO. The second-order valence-corrected chi connectivity index (χ2v) is 3.36. The van der Waals surface area contributed by atoms with E-state index in [4.69, 9.17) is 0 Å². The molecule has 1 atom stereocenters. The molecule has 1 aliphatic heterocycles. The Kier molecular flexibility index (Phi) is 2.08. The van der Waals surface area contributed by atoms with Crippen molar-refractivity contribution in [1.82, 2.24) is 0 Å². The molecule has 70 valence electrons. The van der Waals surface area contributed by atoms with Crippen molar-refractivity contribution in [2.45, 2.75) is 19.0 Å². The van der Waals surface area contributed by atoms with Crippen LogP contribution in [-0.4, -0.2) is 17.8 Å². The smallest absolute Gasteiger partial charge is 0.117 e. The van der Waals surface area contributed by atoms with Crippen molar-refractivity contribution in [3.05, 3.63) is 23.8 Å². The summed E-state index contributed by atoms with van der Waals surface area (Å²) in [6, 6.07) is 5.02. The summed E-state index contributed by atoms with van der Waals surface area (Å²) in [6.07, 6.45) is 0.219. The summed E-state index contributed by atoms with van der Waals surface area (Å²) in [4.78, 5) is 0. The molecule has 0 bridgehead atoms. The molecule has 2 N–H and O–H groups in total. The first kappa shape index (κ1) is 8.35. The Balaban J connectivity index is 2.34. The molecule has 2 nitrogen and oxygen atoms in total. The molecule has 1 aromatic carbocycles. The molecule has 2 rings (SSSR count). The van der Waals surface area contributed by atoms with Crippen molar-refractivity contribution in [3.8, 4) is 5.75 Å². The van der Waals surface area contributed by atoms with E-state index in [0.717, 1.165) is 11.3 Å². The molecule has 3 heteroatoms. The number of nitrogens with one attached hydrogen (secondary N) is 1. The number of phenols is 1. The Morgan fingerprint density at radius 2 is 2.31 bits per heavy atom. The molecule has 0 saturated carbocycles. The number of hydrogen-bond donors (Lipinski definition) is 2. The molecular weight excluding hydrogens is 169 g/mol. The topological polar surface area (TPSA) is 32.3 Å². The number of fused-ring (bicyclic) bond motifs is 1. The lowest BCUT2D eigenvalue weighted by Crippen LogP contribution is -2.05. The van der Waals surface area contributed by atoms with E-state index in [1.165, 1.54) is 0 Å². The fourth-order valence-electron chi connectivity index (χ4n) is 1.61. The van der Waals surface area contributed by atoms with Gasteiger partial charge in [0.1, 0.15) is 11.9 Å². The predicted octanol–water partition coefficient (Wildman–Crippen LogP) is 2.09. The number of anilines is 1. The lowest BCUT2D eigenvalue weighted by molar-refractivity contribution is 0.322. The lowest BCUT2D eigenvalue weighted by atomic mass is 10.1. The van der Waals surface area contributed by atoms with Gasteiger partial charge in [0.25, 0.3) is 0 Å². The van der Waals surface area contributed by atoms with Crippen LogP contribution in [0.2, 0.25) is 0 Å². The summed E-state index contributed by atoms with van der Waals surface area (Å²) in [5.41, 5.74) is 1.81. The highest BCUT2D eigenvalue weighted by molar-refractivity contribution is 5.55. The van der Waals surface area contributed by atoms with Crippen molar-refractivity contribution in [1.29, 1.82) is 0 Å². The van der Waals surface area contributed by atoms with Crippen molar-refractivity contribution >= 4 is 5.69 Å². The normalized spacial score (nSPS) is 21.5. The second-order valence-electron chi connectivity index (χ2n) is 3.36. The number of aromatic hydroxyl groups is 1. The van der Waals surface area contributed by atoms with E-state index < -0.39 is 6.17 Å². The van der Waals surface area contributed by atoms with Gasteiger partial charge in [-0.1, -0.05) is 6.07 Å². The third-order valence-corrected chi connectivity index (χ3v) is 2.31. The maximum absolute atomic E-state index is 13.1. The Hall–Kier alpha value is -1.25. The van der Waals surface area contributed by atoms with Gasteiger partial charge in [-0.3, -0.25) is 0 Å². The van der Waals surface area contributed by atoms with Crippen molar-refractivity contribution in [2.24, 2.45) is 0 Å². The zero-order valence-corrected chi connectivity index (χ0v) is 7.26. The predicted molar refractivity (Wildman–Crippen MR) is 49.8 cm³/mol. The van der Waals surface area contributed by atoms with Crippen LogP contribution in [0.3, 0.4) is 0 Å². The maximum atomic E-state index is 13.1. The van der Waals surface area contributed by atoms with E-state index in [0.29, 0.717) is 19.4 Å². The minimum atomic E-state index is -0.765. The number of benzene rings is 1. The molecule has 0 fully saturated rings. The van der Waals surface area contributed by atoms with Gasteiger partial charge in [-0.15, -0.1) is 0 Å². The van der Waals surface area contributed by atoms with Crippen LogP contribution in [0, 0.1) is 0 Å². The summed E-state index contributed by atoms with van der Waals surface area (Å²) in [5.74, 6) is 0.226. The van der Waals surface area contributed by atoms with Crippen LogP contribution < -0.4 is 5.32 Å². The number of alkyl halides is 1. The zero-order valence-electron chi connectivity index (χ0n) is 7.26. The van der Waals surface area contributed by atoms with Gasteiger partial charge in [0.15, 0.2) is 0 Å². The number of hydrogen-bond acceptors (Lipinski definition) is 2. The van der Waals surface area contributed by atoms with E-state index >= 15 is 0 Å². The summed E-state index contributed by atoms with van der Waals surface area (Å²) in [5, 5.41) is 12.3. The van der Waals surface area contributed by atoms with Crippen LogP contribution in [0.1, 0.15) is 12.0 Å². The average molecular weight is 181 g/mol. The molecule has 0 amide bonds. The Labute approximate surface area is 76.4 Å². The largest absolute Gasteiger partial charge is 0.508 e. The van der Waals surface area contributed by atoms with Crippen molar-refractivity contribution in [3.63, 3.8) is 0 Å². The second kappa shape index (κ2) is 3.24. The van der Waals surface area contributed by atoms with Gasteiger partial charge < -0.3 is 10.4 Å². The first-order chi connectivity index (χ1) is 6.25. The zero-order chi connectivity index (χ0) is 9.26. The average Bonchev–Trinajstić information content (AvgIpc) is 2.25.